The Morgan fingerprint density at radius 2 is 2.32 bits per heavy atom. The lowest BCUT2D eigenvalue weighted by Crippen LogP contribution is -2.49. The lowest BCUT2D eigenvalue weighted by molar-refractivity contribution is 0.381. The van der Waals surface area contributed by atoms with E-state index in [1.54, 1.807) is 11.3 Å². The molecule has 1 unspecified atom stereocenters. The fourth-order valence-corrected chi connectivity index (χ4v) is 4.32. The lowest BCUT2D eigenvalue weighted by atomic mass is 10.1. The van der Waals surface area contributed by atoms with E-state index < -0.39 is 0 Å². The molecule has 0 bridgehead atoms. The van der Waals surface area contributed by atoms with Crippen LogP contribution in [0.25, 0.3) is 0 Å². The predicted molar refractivity (Wildman–Crippen MR) is 110 cm³/mol. The molecule has 1 aliphatic rings. The number of thiazole rings is 1. The van der Waals surface area contributed by atoms with Gasteiger partial charge in [0.15, 0.2) is 5.96 Å². The van der Waals surface area contributed by atoms with Crippen molar-refractivity contribution in [1.82, 2.24) is 15.2 Å². The predicted octanol–water partition coefficient (Wildman–Crippen LogP) is 3.61. The second-order valence-corrected chi connectivity index (χ2v) is 7.92. The molecule has 22 heavy (non-hydrogen) atoms. The van der Waals surface area contributed by atoms with E-state index in [9.17, 15) is 0 Å². The number of guanidine groups is 1. The molecule has 1 aliphatic heterocycles. The zero-order chi connectivity index (χ0) is 15.2. The van der Waals surface area contributed by atoms with Gasteiger partial charge in [0.2, 0.25) is 0 Å². The van der Waals surface area contributed by atoms with Crippen molar-refractivity contribution in [2.75, 3.05) is 25.4 Å². The van der Waals surface area contributed by atoms with Gasteiger partial charge in [0.1, 0.15) is 0 Å². The fraction of sp³-hybridized carbons (Fsp3) is 0.733. The van der Waals surface area contributed by atoms with E-state index in [0.717, 1.165) is 37.8 Å². The molecule has 1 saturated heterocycles. The number of nitrogens with one attached hydrogen (secondary N) is 1. The number of nitrogens with zero attached hydrogens (tertiary/aromatic N) is 3. The van der Waals surface area contributed by atoms with Gasteiger partial charge in [0, 0.05) is 35.5 Å². The molecule has 126 valence electrons. The molecule has 0 saturated carbocycles. The minimum Gasteiger partial charge on any atom is -0.357 e. The maximum Gasteiger partial charge on any atom is 0.194 e. The molecule has 0 spiro atoms. The van der Waals surface area contributed by atoms with E-state index in [1.165, 1.54) is 10.6 Å². The minimum atomic E-state index is 0. The summed E-state index contributed by atoms with van der Waals surface area (Å²) in [6.07, 6.45) is 0. The largest absolute Gasteiger partial charge is 0.357 e. The molecule has 1 aromatic heterocycles. The molecule has 0 radical (unpaired) electrons. The lowest BCUT2D eigenvalue weighted by Gasteiger charge is -2.36. The summed E-state index contributed by atoms with van der Waals surface area (Å²) < 4.78 is 0. The van der Waals surface area contributed by atoms with E-state index in [-0.39, 0.29) is 24.0 Å². The maximum atomic E-state index is 4.83. The molecule has 1 aromatic rings. The van der Waals surface area contributed by atoms with Gasteiger partial charge >= 0.3 is 0 Å². The van der Waals surface area contributed by atoms with Crippen molar-refractivity contribution in [2.24, 2.45) is 10.9 Å². The first kappa shape index (κ1) is 20.0. The van der Waals surface area contributed by atoms with Crippen molar-refractivity contribution in [2.45, 2.75) is 39.5 Å². The Kier molecular flexibility index (Phi) is 9.08. The average Bonchev–Trinajstić information content (AvgIpc) is 2.89. The quantitative estimate of drug-likeness (QED) is 0.429. The van der Waals surface area contributed by atoms with E-state index in [0.29, 0.717) is 11.2 Å². The van der Waals surface area contributed by atoms with E-state index in [1.807, 2.05) is 5.51 Å². The summed E-state index contributed by atoms with van der Waals surface area (Å²) in [6, 6.07) is 0. The molecule has 1 fully saturated rings. The van der Waals surface area contributed by atoms with Gasteiger partial charge in [0.05, 0.1) is 17.7 Å². The normalized spacial score (nSPS) is 19.2. The van der Waals surface area contributed by atoms with Crippen LogP contribution in [0.5, 0.6) is 0 Å². The van der Waals surface area contributed by atoms with Crippen LogP contribution in [-0.2, 0) is 6.54 Å². The number of aromatic nitrogens is 1. The Labute approximate surface area is 159 Å². The van der Waals surface area contributed by atoms with Crippen LogP contribution in [0.15, 0.2) is 10.5 Å². The second-order valence-electron chi connectivity index (χ2n) is 5.63. The molecule has 1 N–H and O–H groups in total. The van der Waals surface area contributed by atoms with Gasteiger partial charge in [-0.15, -0.1) is 35.3 Å². The maximum absolute atomic E-state index is 4.83. The molecule has 1 atom stereocenters. The first-order chi connectivity index (χ1) is 10.1. The number of aryl methyl sites for hydroxylation is 1. The second kappa shape index (κ2) is 9.97. The van der Waals surface area contributed by atoms with Crippen LogP contribution in [0.1, 0.15) is 31.3 Å². The number of hydrogen-bond donors (Lipinski definition) is 1. The Balaban J connectivity index is 0.00000242. The van der Waals surface area contributed by atoms with Crippen LogP contribution in [0.3, 0.4) is 0 Å². The summed E-state index contributed by atoms with van der Waals surface area (Å²) in [5, 5.41) is 4.15. The minimum absolute atomic E-state index is 0. The molecule has 0 amide bonds. The van der Waals surface area contributed by atoms with Crippen LogP contribution < -0.4 is 5.32 Å². The Hall–Kier alpha value is -0.0200. The van der Waals surface area contributed by atoms with Crippen LogP contribution in [0.2, 0.25) is 0 Å². The summed E-state index contributed by atoms with van der Waals surface area (Å²) in [4.78, 5) is 12.8. The Morgan fingerprint density at radius 1 is 1.55 bits per heavy atom. The van der Waals surface area contributed by atoms with Crippen molar-refractivity contribution in [1.29, 1.82) is 0 Å². The molecule has 0 aromatic carbocycles. The number of thioether (sulfide) groups is 1. The van der Waals surface area contributed by atoms with Gasteiger partial charge in [-0.2, -0.15) is 11.8 Å². The Morgan fingerprint density at radius 3 is 2.91 bits per heavy atom. The molecule has 2 rings (SSSR count). The number of hydrogen-bond acceptors (Lipinski definition) is 4. The van der Waals surface area contributed by atoms with Crippen molar-refractivity contribution in [3.8, 4) is 0 Å². The third kappa shape index (κ3) is 5.56. The zero-order valence-corrected chi connectivity index (χ0v) is 17.8. The van der Waals surface area contributed by atoms with E-state index >= 15 is 0 Å². The van der Waals surface area contributed by atoms with Crippen molar-refractivity contribution >= 4 is 53.0 Å². The van der Waals surface area contributed by atoms with Crippen LogP contribution >= 0.6 is 47.1 Å². The van der Waals surface area contributed by atoms with Gasteiger partial charge < -0.3 is 10.2 Å². The summed E-state index contributed by atoms with van der Waals surface area (Å²) in [5.74, 6) is 2.95. The SMILES string of the molecule is CCNC(=NCc1scnc1C)N1CCSC(C(C)C)C1.I. The van der Waals surface area contributed by atoms with Crippen LogP contribution in [-0.4, -0.2) is 46.5 Å². The fourth-order valence-electron chi connectivity index (χ4n) is 2.32. The van der Waals surface area contributed by atoms with Crippen LogP contribution in [0, 0.1) is 12.8 Å². The molecule has 0 aliphatic carbocycles. The molecule has 4 nitrogen and oxygen atoms in total. The van der Waals surface area contributed by atoms with Crippen molar-refractivity contribution in [3.05, 3.63) is 16.1 Å². The third-order valence-corrected chi connectivity index (χ3v) is 6.15. The number of halogens is 1. The highest BCUT2D eigenvalue weighted by Crippen LogP contribution is 2.25. The first-order valence-electron chi connectivity index (χ1n) is 7.65. The van der Waals surface area contributed by atoms with Gasteiger partial charge in [-0.3, -0.25) is 0 Å². The number of rotatable bonds is 4. The van der Waals surface area contributed by atoms with E-state index in [4.69, 9.17) is 4.99 Å². The summed E-state index contributed by atoms with van der Waals surface area (Å²) in [5.41, 5.74) is 3.01. The van der Waals surface area contributed by atoms with Gasteiger partial charge in [-0.05, 0) is 19.8 Å². The summed E-state index contributed by atoms with van der Waals surface area (Å²) >= 11 is 3.79. The molecule has 7 heteroatoms. The van der Waals surface area contributed by atoms with Crippen molar-refractivity contribution in [3.63, 3.8) is 0 Å². The third-order valence-electron chi connectivity index (χ3n) is 3.69. The van der Waals surface area contributed by atoms with Crippen LogP contribution in [0.4, 0.5) is 0 Å². The van der Waals surface area contributed by atoms with Gasteiger partial charge in [-0.1, -0.05) is 13.8 Å². The highest BCUT2D eigenvalue weighted by atomic mass is 127. The van der Waals surface area contributed by atoms with E-state index in [2.05, 4.69) is 54.7 Å². The summed E-state index contributed by atoms with van der Waals surface area (Å²) in [6.45, 7) is 12.6. The molecular weight excluding hydrogens is 427 g/mol. The average molecular weight is 454 g/mol. The van der Waals surface area contributed by atoms with Crippen molar-refractivity contribution < 1.29 is 0 Å². The monoisotopic (exact) mass is 454 g/mol. The standard InChI is InChI=1S/C15H26N4S2.HI/c1-5-16-15(17-8-13-12(4)18-10-21-13)19-6-7-20-14(9-19)11(2)3;/h10-11,14H,5-9H2,1-4H3,(H,16,17);1H. The van der Waals surface area contributed by atoms with Gasteiger partial charge in [-0.25, -0.2) is 9.98 Å². The highest BCUT2D eigenvalue weighted by Gasteiger charge is 2.24. The summed E-state index contributed by atoms with van der Waals surface area (Å²) in [7, 11) is 0. The molecular formula is C15H27IN4S2. The first-order valence-corrected chi connectivity index (χ1v) is 9.58. The topological polar surface area (TPSA) is 40.5 Å². The number of aliphatic imine (C=N–C) groups is 1. The molecule has 2 heterocycles. The highest BCUT2D eigenvalue weighted by molar-refractivity contribution is 14.0. The van der Waals surface area contributed by atoms with Gasteiger partial charge in [0.25, 0.3) is 0 Å². The smallest absolute Gasteiger partial charge is 0.194 e. The Bertz CT molecular complexity index is 476. The zero-order valence-electron chi connectivity index (χ0n) is 13.8.